The van der Waals surface area contributed by atoms with Gasteiger partial charge in [0.1, 0.15) is 12.4 Å². The maximum Gasteiger partial charge on any atom is 0.127 e. The van der Waals surface area contributed by atoms with Gasteiger partial charge in [0.25, 0.3) is 0 Å². The molecule has 0 fully saturated rings. The highest BCUT2D eigenvalue weighted by atomic mass is 16.5. The van der Waals surface area contributed by atoms with E-state index in [1.54, 1.807) is 0 Å². The SMILES string of the molecule is CCc1ccc2c(c1)-c1ccccc1OC2. The number of hydrogen-bond acceptors (Lipinski definition) is 1. The van der Waals surface area contributed by atoms with Crippen molar-refractivity contribution in [2.75, 3.05) is 0 Å². The smallest absolute Gasteiger partial charge is 0.127 e. The summed E-state index contributed by atoms with van der Waals surface area (Å²) in [5.74, 6) is 1.00. The van der Waals surface area contributed by atoms with Crippen LogP contribution in [0.1, 0.15) is 18.1 Å². The van der Waals surface area contributed by atoms with Gasteiger partial charge in [-0.15, -0.1) is 0 Å². The maximum absolute atomic E-state index is 5.72. The Kier molecular flexibility index (Phi) is 2.17. The topological polar surface area (TPSA) is 9.23 Å². The summed E-state index contributed by atoms with van der Waals surface area (Å²) in [6.45, 7) is 2.88. The first-order valence-electron chi connectivity index (χ1n) is 5.72. The molecule has 1 heterocycles. The molecule has 1 aliphatic heterocycles. The van der Waals surface area contributed by atoms with Gasteiger partial charge in [-0.3, -0.25) is 0 Å². The monoisotopic (exact) mass is 210 g/mol. The van der Waals surface area contributed by atoms with Crippen molar-refractivity contribution < 1.29 is 4.74 Å². The predicted octanol–water partition coefficient (Wildman–Crippen LogP) is 3.81. The third kappa shape index (κ3) is 1.40. The van der Waals surface area contributed by atoms with E-state index < -0.39 is 0 Å². The Morgan fingerprint density at radius 2 is 1.94 bits per heavy atom. The van der Waals surface area contributed by atoms with Crippen LogP contribution in [0.2, 0.25) is 0 Å². The molecule has 80 valence electrons. The molecule has 0 radical (unpaired) electrons. The molecular formula is C15H14O. The van der Waals surface area contributed by atoms with E-state index in [0.29, 0.717) is 6.61 Å². The normalized spacial score (nSPS) is 12.6. The third-order valence-corrected chi connectivity index (χ3v) is 3.14. The van der Waals surface area contributed by atoms with E-state index in [1.165, 1.54) is 22.3 Å². The van der Waals surface area contributed by atoms with E-state index >= 15 is 0 Å². The van der Waals surface area contributed by atoms with Crippen molar-refractivity contribution >= 4 is 0 Å². The van der Waals surface area contributed by atoms with Crippen LogP contribution in [0.4, 0.5) is 0 Å². The highest BCUT2D eigenvalue weighted by Gasteiger charge is 2.16. The molecule has 0 amide bonds. The molecule has 0 saturated heterocycles. The van der Waals surface area contributed by atoms with Crippen molar-refractivity contribution in [2.45, 2.75) is 20.0 Å². The molecule has 0 aromatic heterocycles. The zero-order valence-electron chi connectivity index (χ0n) is 9.36. The lowest BCUT2D eigenvalue weighted by molar-refractivity contribution is 0.302. The Hall–Kier alpha value is -1.76. The summed E-state index contributed by atoms with van der Waals surface area (Å²) in [5, 5.41) is 0. The Labute approximate surface area is 95.7 Å². The standard InChI is InChI=1S/C15H14O/c1-2-11-7-8-12-10-16-15-6-4-3-5-13(15)14(12)9-11/h3-9H,2,10H2,1H3. The minimum atomic E-state index is 0.691. The average Bonchev–Trinajstić information content (AvgIpc) is 2.38. The van der Waals surface area contributed by atoms with Crippen LogP contribution in [-0.4, -0.2) is 0 Å². The Bertz CT molecular complexity index is 529. The Morgan fingerprint density at radius 3 is 2.81 bits per heavy atom. The van der Waals surface area contributed by atoms with Crippen LogP contribution >= 0.6 is 0 Å². The molecule has 16 heavy (non-hydrogen) atoms. The van der Waals surface area contributed by atoms with Crippen molar-refractivity contribution in [2.24, 2.45) is 0 Å². The van der Waals surface area contributed by atoms with E-state index in [4.69, 9.17) is 4.74 Å². The summed E-state index contributed by atoms with van der Waals surface area (Å²) in [6.07, 6.45) is 1.08. The van der Waals surface area contributed by atoms with Gasteiger partial charge in [-0.2, -0.15) is 0 Å². The molecule has 1 aliphatic rings. The van der Waals surface area contributed by atoms with Gasteiger partial charge in [0.05, 0.1) is 0 Å². The summed E-state index contributed by atoms with van der Waals surface area (Å²) in [6, 6.07) is 14.9. The highest BCUT2D eigenvalue weighted by molar-refractivity contribution is 5.75. The number of para-hydroxylation sites is 1. The lowest BCUT2D eigenvalue weighted by atomic mass is 9.94. The summed E-state index contributed by atoms with van der Waals surface area (Å²) in [5.41, 5.74) is 5.23. The third-order valence-electron chi connectivity index (χ3n) is 3.14. The van der Waals surface area contributed by atoms with Crippen LogP contribution in [0.5, 0.6) is 5.75 Å². The van der Waals surface area contributed by atoms with Crippen molar-refractivity contribution in [1.82, 2.24) is 0 Å². The molecule has 2 aromatic carbocycles. The van der Waals surface area contributed by atoms with Crippen LogP contribution in [0.3, 0.4) is 0 Å². The van der Waals surface area contributed by atoms with E-state index in [9.17, 15) is 0 Å². The second kappa shape index (κ2) is 3.67. The number of rotatable bonds is 1. The fourth-order valence-electron chi connectivity index (χ4n) is 2.19. The fourth-order valence-corrected chi connectivity index (χ4v) is 2.19. The first-order valence-corrected chi connectivity index (χ1v) is 5.72. The molecule has 0 aliphatic carbocycles. The molecule has 1 heteroatoms. The fraction of sp³-hybridized carbons (Fsp3) is 0.200. The van der Waals surface area contributed by atoms with Crippen molar-refractivity contribution in [3.63, 3.8) is 0 Å². The first-order chi connectivity index (χ1) is 7.88. The largest absolute Gasteiger partial charge is 0.488 e. The number of benzene rings is 2. The molecule has 0 bridgehead atoms. The summed E-state index contributed by atoms with van der Waals surface area (Å²) < 4.78 is 5.72. The van der Waals surface area contributed by atoms with Gasteiger partial charge in [-0.1, -0.05) is 43.3 Å². The minimum absolute atomic E-state index is 0.691. The van der Waals surface area contributed by atoms with Gasteiger partial charge in [-0.05, 0) is 29.2 Å². The van der Waals surface area contributed by atoms with Crippen LogP contribution < -0.4 is 4.74 Å². The van der Waals surface area contributed by atoms with Gasteiger partial charge in [-0.25, -0.2) is 0 Å². The quantitative estimate of drug-likeness (QED) is 0.695. The summed E-state index contributed by atoms with van der Waals surface area (Å²) >= 11 is 0. The van der Waals surface area contributed by atoms with Crippen LogP contribution in [0, 0.1) is 0 Å². The minimum Gasteiger partial charge on any atom is -0.488 e. The van der Waals surface area contributed by atoms with Gasteiger partial charge in [0.15, 0.2) is 0 Å². The van der Waals surface area contributed by atoms with Gasteiger partial charge < -0.3 is 4.74 Å². The van der Waals surface area contributed by atoms with Crippen molar-refractivity contribution in [3.8, 4) is 16.9 Å². The lowest BCUT2D eigenvalue weighted by Crippen LogP contribution is -2.05. The van der Waals surface area contributed by atoms with E-state index in [1.807, 2.05) is 12.1 Å². The van der Waals surface area contributed by atoms with E-state index in [2.05, 4.69) is 37.3 Å². The van der Waals surface area contributed by atoms with Crippen LogP contribution in [0.25, 0.3) is 11.1 Å². The second-order valence-electron chi connectivity index (χ2n) is 4.13. The molecule has 0 spiro atoms. The van der Waals surface area contributed by atoms with Gasteiger partial charge in [0.2, 0.25) is 0 Å². The van der Waals surface area contributed by atoms with Crippen LogP contribution in [0.15, 0.2) is 42.5 Å². The number of ether oxygens (including phenoxy) is 1. The first kappa shape index (κ1) is 9.46. The second-order valence-corrected chi connectivity index (χ2v) is 4.13. The lowest BCUT2D eigenvalue weighted by Gasteiger charge is -2.21. The molecule has 3 rings (SSSR count). The number of aryl methyl sites for hydroxylation is 1. The predicted molar refractivity (Wildman–Crippen MR) is 65.6 cm³/mol. The van der Waals surface area contributed by atoms with Crippen molar-refractivity contribution in [3.05, 3.63) is 53.6 Å². The zero-order valence-corrected chi connectivity index (χ0v) is 9.36. The van der Waals surface area contributed by atoms with Crippen molar-refractivity contribution in [1.29, 1.82) is 0 Å². The molecule has 1 nitrogen and oxygen atoms in total. The zero-order chi connectivity index (χ0) is 11.0. The molecule has 0 atom stereocenters. The van der Waals surface area contributed by atoms with E-state index in [-0.39, 0.29) is 0 Å². The number of fused-ring (bicyclic) bond motifs is 3. The highest BCUT2D eigenvalue weighted by Crippen LogP contribution is 2.37. The number of hydrogen-bond donors (Lipinski definition) is 0. The molecular weight excluding hydrogens is 196 g/mol. The summed E-state index contributed by atoms with van der Waals surface area (Å²) in [7, 11) is 0. The van der Waals surface area contributed by atoms with Gasteiger partial charge >= 0.3 is 0 Å². The Morgan fingerprint density at radius 1 is 1.06 bits per heavy atom. The molecule has 0 N–H and O–H groups in total. The summed E-state index contributed by atoms with van der Waals surface area (Å²) in [4.78, 5) is 0. The van der Waals surface area contributed by atoms with E-state index in [0.717, 1.165) is 12.2 Å². The Balaban J connectivity index is 2.22. The maximum atomic E-state index is 5.72. The van der Waals surface area contributed by atoms with Gasteiger partial charge in [0, 0.05) is 5.56 Å². The average molecular weight is 210 g/mol. The molecule has 2 aromatic rings. The van der Waals surface area contributed by atoms with Crippen LogP contribution in [-0.2, 0) is 13.0 Å². The molecule has 0 unspecified atom stereocenters. The molecule has 0 saturated carbocycles.